The molecule has 0 amide bonds. The first-order valence-electron chi connectivity index (χ1n) is 21.2. The minimum absolute atomic E-state index is 0.0908. The topological polar surface area (TPSA) is 149 Å². The second-order valence-electron chi connectivity index (χ2n) is 13.7. The monoisotopic (exact) mass is 819 g/mol. The number of allylic oxidation sites excluding steroid dienone is 16. The molecule has 0 rings (SSSR count). The number of esters is 2. The number of unbranched alkanes of at least 4 members (excludes halogenated alkanes) is 8. The quantitative estimate of drug-likeness (QED) is 0.0238. The highest BCUT2D eigenvalue weighted by molar-refractivity contribution is 7.47. The number of hydrogen-bond donors (Lipinski definition) is 3. The van der Waals surface area contributed by atoms with Crippen molar-refractivity contribution in [1.29, 1.82) is 0 Å². The van der Waals surface area contributed by atoms with E-state index < -0.39 is 51.8 Å². The maximum atomic E-state index is 12.6. The molecule has 0 spiro atoms. The second-order valence-corrected chi connectivity index (χ2v) is 15.1. The lowest BCUT2D eigenvalue weighted by Crippen LogP contribution is -2.29. The zero-order chi connectivity index (χ0) is 41.9. The van der Waals surface area contributed by atoms with Gasteiger partial charge >= 0.3 is 19.8 Å². The summed E-state index contributed by atoms with van der Waals surface area (Å²) in [5.41, 5.74) is 0. The standard InChI is InChI=1S/C46H75O10P/c1-3-5-7-9-11-13-15-17-19-21-23-25-27-29-31-33-35-37-45(49)53-41-44(42-55-57(51,52)54-40-43(48)39-47)56-46(50)38-36-34-32-30-28-26-24-22-20-18-16-14-12-10-8-6-4-2/h11-14,17-20,23-26,29-32,43-44,47-48H,3-10,15-16,21-22,27-28,33-42H2,1-2H3,(H,51,52)/b13-11-,14-12-,19-17-,20-18-,25-23-,26-24-,31-29-,32-30-. The summed E-state index contributed by atoms with van der Waals surface area (Å²) >= 11 is 0. The molecule has 0 saturated heterocycles. The van der Waals surface area contributed by atoms with Crippen LogP contribution in [0.25, 0.3) is 0 Å². The van der Waals surface area contributed by atoms with Gasteiger partial charge in [-0.15, -0.1) is 0 Å². The summed E-state index contributed by atoms with van der Waals surface area (Å²) < 4.78 is 32.6. The van der Waals surface area contributed by atoms with E-state index in [1.807, 2.05) is 18.2 Å². The third-order valence-electron chi connectivity index (χ3n) is 8.21. The molecule has 0 aliphatic carbocycles. The fourth-order valence-electron chi connectivity index (χ4n) is 4.92. The molecule has 0 aromatic heterocycles. The predicted molar refractivity (Wildman–Crippen MR) is 232 cm³/mol. The van der Waals surface area contributed by atoms with E-state index in [0.717, 1.165) is 51.4 Å². The van der Waals surface area contributed by atoms with Crippen LogP contribution in [0.4, 0.5) is 0 Å². The van der Waals surface area contributed by atoms with Crippen molar-refractivity contribution in [2.24, 2.45) is 0 Å². The summed E-state index contributed by atoms with van der Waals surface area (Å²) in [6.07, 6.45) is 49.6. The number of aliphatic hydroxyl groups excluding tert-OH is 2. The Morgan fingerprint density at radius 2 is 0.895 bits per heavy atom. The number of rotatable bonds is 38. The van der Waals surface area contributed by atoms with Crippen LogP contribution in [0.2, 0.25) is 0 Å². The van der Waals surface area contributed by atoms with Crippen molar-refractivity contribution in [2.75, 3.05) is 26.4 Å². The SMILES string of the molecule is CCCCC/C=C\C/C=C\C/C=C\C/C=C\CCCC(=O)OCC(COP(=O)(O)OCC(O)CO)OC(=O)CCC/C=C\C/C=C\C/C=C\C/C=C\CCCCC. The van der Waals surface area contributed by atoms with Crippen molar-refractivity contribution in [3.63, 3.8) is 0 Å². The van der Waals surface area contributed by atoms with E-state index in [9.17, 15) is 24.2 Å². The molecule has 11 heteroatoms. The van der Waals surface area contributed by atoms with Crippen LogP contribution in [-0.2, 0) is 32.7 Å². The van der Waals surface area contributed by atoms with E-state index >= 15 is 0 Å². The molecule has 324 valence electrons. The summed E-state index contributed by atoms with van der Waals surface area (Å²) in [5.74, 6) is -1.07. The summed E-state index contributed by atoms with van der Waals surface area (Å²) in [6, 6.07) is 0. The van der Waals surface area contributed by atoms with Gasteiger partial charge in [-0.05, 0) is 89.9 Å². The van der Waals surface area contributed by atoms with Crippen LogP contribution in [0.3, 0.4) is 0 Å². The Hall–Kier alpha value is -3.11. The average molecular weight is 819 g/mol. The molecule has 3 N–H and O–H groups in total. The number of carbonyl (C=O) groups is 2. The molecular formula is C46H75O10P. The first kappa shape index (κ1) is 53.9. The highest BCUT2D eigenvalue weighted by Gasteiger charge is 2.27. The van der Waals surface area contributed by atoms with Gasteiger partial charge in [-0.1, -0.05) is 137 Å². The Bertz CT molecular complexity index is 1260. The van der Waals surface area contributed by atoms with Crippen molar-refractivity contribution in [3.8, 4) is 0 Å². The molecular weight excluding hydrogens is 743 g/mol. The van der Waals surface area contributed by atoms with Crippen LogP contribution < -0.4 is 0 Å². The number of ether oxygens (including phenoxy) is 2. The van der Waals surface area contributed by atoms with Gasteiger partial charge < -0.3 is 24.6 Å². The molecule has 0 aliphatic heterocycles. The van der Waals surface area contributed by atoms with Gasteiger partial charge in [0.1, 0.15) is 12.7 Å². The minimum atomic E-state index is -4.65. The van der Waals surface area contributed by atoms with Crippen molar-refractivity contribution < 1.29 is 47.8 Å². The number of phosphoric ester groups is 1. The van der Waals surface area contributed by atoms with Crippen LogP contribution in [0.1, 0.15) is 142 Å². The highest BCUT2D eigenvalue weighted by atomic mass is 31.2. The molecule has 0 fully saturated rings. The van der Waals surface area contributed by atoms with Gasteiger partial charge in [-0.25, -0.2) is 4.57 Å². The Balaban J connectivity index is 4.53. The molecule has 0 bridgehead atoms. The number of hydrogen-bond acceptors (Lipinski definition) is 9. The van der Waals surface area contributed by atoms with E-state index in [1.165, 1.54) is 38.5 Å². The normalized spacial score (nSPS) is 14.8. The van der Waals surface area contributed by atoms with Crippen molar-refractivity contribution in [2.45, 2.75) is 154 Å². The summed E-state index contributed by atoms with van der Waals surface area (Å²) in [5, 5.41) is 18.3. The van der Waals surface area contributed by atoms with Gasteiger partial charge in [0, 0.05) is 12.8 Å². The van der Waals surface area contributed by atoms with E-state index in [1.54, 1.807) is 0 Å². The average Bonchev–Trinajstić information content (AvgIpc) is 3.20. The lowest BCUT2D eigenvalue weighted by molar-refractivity contribution is -0.161. The predicted octanol–water partition coefficient (Wildman–Crippen LogP) is 11.2. The molecule has 10 nitrogen and oxygen atoms in total. The van der Waals surface area contributed by atoms with Crippen LogP contribution in [0, 0.1) is 0 Å². The first-order chi connectivity index (χ1) is 27.7. The van der Waals surface area contributed by atoms with Crippen molar-refractivity contribution in [1.82, 2.24) is 0 Å². The number of aliphatic hydroxyl groups is 2. The van der Waals surface area contributed by atoms with Gasteiger partial charge in [0.15, 0.2) is 6.10 Å². The van der Waals surface area contributed by atoms with Crippen LogP contribution in [0.15, 0.2) is 97.2 Å². The summed E-state index contributed by atoms with van der Waals surface area (Å²) in [6.45, 7) is 2.17. The maximum Gasteiger partial charge on any atom is 0.472 e. The molecule has 0 heterocycles. The van der Waals surface area contributed by atoms with Crippen LogP contribution in [-0.4, -0.2) is 65.7 Å². The highest BCUT2D eigenvalue weighted by Crippen LogP contribution is 2.43. The van der Waals surface area contributed by atoms with Gasteiger partial charge in [-0.2, -0.15) is 0 Å². The Morgan fingerprint density at radius 3 is 1.30 bits per heavy atom. The zero-order valence-electron chi connectivity index (χ0n) is 35.0. The smallest absolute Gasteiger partial charge is 0.462 e. The van der Waals surface area contributed by atoms with Crippen LogP contribution >= 0.6 is 7.82 Å². The zero-order valence-corrected chi connectivity index (χ0v) is 35.9. The second kappa shape index (κ2) is 41.1. The Morgan fingerprint density at radius 1 is 0.526 bits per heavy atom. The van der Waals surface area contributed by atoms with Gasteiger partial charge in [0.25, 0.3) is 0 Å². The van der Waals surface area contributed by atoms with Gasteiger partial charge in [0.05, 0.1) is 19.8 Å². The molecule has 3 unspecified atom stereocenters. The fourth-order valence-corrected chi connectivity index (χ4v) is 5.71. The first-order valence-corrected chi connectivity index (χ1v) is 22.7. The number of carbonyl (C=O) groups excluding carboxylic acids is 2. The molecule has 0 aromatic carbocycles. The molecule has 0 radical (unpaired) electrons. The molecule has 57 heavy (non-hydrogen) atoms. The van der Waals surface area contributed by atoms with E-state index in [0.29, 0.717) is 25.7 Å². The Kier molecular flexibility index (Phi) is 38.8. The third kappa shape index (κ3) is 40.9. The summed E-state index contributed by atoms with van der Waals surface area (Å²) in [7, 11) is -4.65. The van der Waals surface area contributed by atoms with Crippen LogP contribution in [0.5, 0.6) is 0 Å². The largest absolute Gasteiger partial charge is 0.472 e. The van der Waals surface area contributed by atoms with Gasteiger partial charge in [-0.3, -0.25) is 18.6 Å². The third-order valence-corrected chi connectivity index (χ3v) is 9.16. The van der Waals surface area contributed by atoms with Crippen molar-refractivity contribution in [3.05, 3.63) is 97.2 Å². The lowest BCUT2D eigenvalue weighted by atomic mass is 10.2. The molecule has 0 aromatic rings. The minimum Gasteiger partial charge on any atom is -0.462 e. The van der Waals surface area contributed by atoms with E-state index in [4.69, 9.17) is 19.1 Å². The summed E-state index contributed by atoms with van der Waals surface area (Å²) in [4.78, 5) is 34.9. The van der Waals surface area contributed by atoms with Crippen molar-refractivity contribution >= 4 is 19.8 Å². The molecule has 0 aliphatic rings. The molecule has 0 saturated carbocycles. The lowest BCUT2D eigenvalue weighted by Gasteiger charge is -2.20. The van der Waals surface area contributed by atoms with E-state index in [-0.39, 0.29) is 19.4 Å². The fraction of sp³-hybridized carbons (Fsp3) is 0.609. The Labute approximate surface area is 344 Å². The van der Waals surface area contributed by atoms with E-state index in [2.05, 4.69) is 97.4 Å². The van der Waals surface area contributed by atoms with Gasteiger partial charge in [0.2, 0.25) is 0 Å². The number of phosphoric acid groups is 1. The maximum absolute atomic E-state index is 12.6. The molecule has 3 atom stereocenters.